The number of carbonyl (C=O) groups is 2. The number of nitrogens with one attached hydrogen (secondary N) is 1. The van der Waals surface area contributed by atoms with Crippen molar-refractivity contribution in [1.82, 2.24) is 9.88 Å². The van der Waals surface area contributed by atoms with Gasteiger partial charge < -0.3 is 14.4 Å². The van der Waals surface area contributed by atoms with Crippen molar-refractivity contribution in [2.45, 2.75) is 19.4 Å². The van der Waals surface area contributed by atoms with Gasteiger partial charge in [0.25, 0.3) is 5.91 Å². The van der Waals surface area contributed by atoms with Gasteiger partial charge in [0.15, 0.2) is 16.6 Å². The van der Waals surface area contributed by atoms with Gasteiger partial charge in [-0.1, -0.05) is 24.3 Å². The van der Waals surface area contributed by atoms with E-state index in [1.807, 2.05) is 17.0 Å². The van der Waals surface area contributed by atoms with Crippen LogP contribution >= 0.6 is 11.3 Å². The van der Waals surface area contributed by atoms with Gasteiger partial charge in [0, 0.05) is 24.0 Å². The summed E-state index contributed by atoms with van der Waals surface area (Å²) in [7, 11) is 3.06. The van der Waals surface area contributed by atoms with E-state index in [-0.39, 0.29) is 18.2 Å². The number of benzene rings is 2. The zero-order chi connectivity index (χ0) is 21.8. The second kappa shape index (κ2) is 9.18. The Morgan fingerprint density at radius 2 is 1.87 bits per heavy atom. The summed E-state index contributed by atoms with van der Waals surface area (Å²) in [6.45, 7) is 1.34. The summed E-state index contributed by atoms with van der Waals surface area (Å²) in [5.41, 5.74) is 3.58. The van der Waals surface area contributed by atoms with Gasteiger partial charge in [-0.15, -0.1) is 11.3 Å². The lowest BCUT2D eigenvalue weighted by Crippen LogP contribution is -2.36. The molecule has 1 N–H and O–H groups in total. The number of fused-ring (bicyclic) bond motifs is 1. The van der Waals surface area contributed by atoms with E-state index in [0.29, 0.717) is 41.0 Å². The zero-order valence-corrected chi connectivity index (χ0v) is 18.2. The Hall–Kier alpha value is -3.39. The number of amides is 2. The quantitative estimate of drug-likeness (QED) is 0.638. The number of aromatic nitrogens is 1. The fraction of sp³-hybridized carbons (Fsp3) is 0.261. The fourth-order valence-electron chi connectivity index (χ4n) is 3.57. The molecule has 3 aromatic rings. The van der Waals surface area contributed by atoms with Gasteiger partial charge in [0.05, 0.1) is 26.3 Å². The topological polar surface area (TPSA) is 80.8 Å². The number of hydrogen-bond donors (Lipinski definition) is 1. The maximum absolute atomic E-state index is 12.7. The van der Waals surface area contributed by atoms with Gasteiger partial charge in [-0.2, -0.15) is 0 Å². The first kappa shape index (κ1) is 20.9. The molecule has 160 valence electrons. The van der Waals surface area contributed by atoms with Gasteiger partial charge in [-0.3, -0.25) is 14.9 Å². The molecule has 7 nitrogen and oxygen atoms in total. The minimum absolute atomic E-state index is 0.0394. The van der Waals surface area contributed by atoms with Crippen molar-refractivity contribution < 1.29 is 19.1 Å². The van der Waals surface area contributed by atoms with Crippen LogP contribution < -0.4 is 14.8 Å². The van der Waals surface area contributed by atoms with Crippen molar-refractivity contribution in [2.75, 3.05) is 26.1 Å². The monoisotopic (exact) mass is 437 g/mol. The molecule has 0 radical (unpaired) electrons. The number of carbonyl (C=O) groups excluding carboxylic acids is 2. The van der Waals surface area contributed by atoms with Gasteiger partial charge in [-0.05, 0) is 35.7 Å². The third-order valence-electron chi connectivity index (χ3n) is 5.23. The molecule has 0 spiro atoms. The van der Waals surface area contributed by atoms with Gasteiger partial charge in [-0.25, -0.2) is 4.98 Å². The van der Waals surface area contributed by atoms with E-state index in [2.05, 4.69) is 22.4 Å². The molecule has 1 aromatic heterocycles. The Morgan fingerprint density at radius 3 is 2.65 bits per heavy atom. The Morgan fingerprint density at radius 1 is 1.10 bits per heavy atom. The number of methoxy groups -OCH3 is 2. The van der Waals surface area contributed by atoms with Crippen LogP contribution in [0, 0.1) is 0 Å². The number of ether oxygens (including phenoxy) is 2. The van der Waals surface area contributed by atoms with Gasteiger partial charge >= 0.3 is 0 Å². The zero-order valence-electron chi connectivity index (χ0n) is 17.4. The highest BCUT2D eigenvalue weighted by Gasteiger charge is 2.21. The van der Waals surface area contributed by atoms with Crippen molar-refractivity contribution in [3.05, 3.63) is 70.2 Å². The average molecular weight is 438 g/mol. The molecule has 0 saturated heterocycles. The molecular formula is C23H23N3O4S. The highest BCUT2D eigenvalue weighted by atomic mass is 32.1. The third-order valence-corrected chi connectivity index (χ3v) is 6.04. The second-order valence-corrected chi connectivity index (χ2v) is 8.04. The number of thiazole rings is 1. The predicted molar refractivity (Wildman–Crippen MR) is 119 cm³/mol. The van der Waals surface area contributed by atoms with Crippen LogP contribution in [-0.2, 0) is 24.2 Å². The Labute approximate surface area is 184 Å². The molecule has 0 unspecified atom stereocenters. The molecular weight excluding hydrogens is 414 g/mol. The smallest absolute Gasteiger partial charge is 0.257 e. The molecule has 0 fully saturated rings. The van der Waals surface area contributed by atoms with E-state index >= 15 is 0 Å². The molecule has 0 atom stereocenters. The largest absolute Gasteiger partial charge is 0.493 e. The maximum Gasteiger partial charge on any atom is 0.257 e. The van der Waals surface area contributed by atoms with Crippen molar-refractivity contribution in [3.63, 3.8) is 0 Å². The normalized spacial score (nSPS) is 12.8. The molecule has 4 rings (SSSR count). The summed E-state index contributed by atoms with van der Waals surface area (Å²) >= 11 is 1.30. The molecule has 2 aromatic carbocycles. The van der Waals surface area contributed by atoms with E-state index in [1.165, 1.54) is 29.6 Å². The molecule has 8 heteroatoms. The highest BCUT2D eigenvalue weighted by molar-refractivity contribution is 7.14. The summed E-state index contributed by atoms with van der Waals surface area (Å²) in [6.07, 6.45) is 1.08. The van der Waals surface area contributed by atoms with E-state index in [0.717, 1.165) is 6.42 Å². The van der Waals surface area contributed by atoms with Crippen molar-refractivity contribution >= 4 is 28.3 Å². The van der Waals surface area contributed by atoms with Crippen molar-refractivity contribution in [1.29, 1.82) is 0 Å². The van der Waals surface area contributed by atoms with E-state index in [1.54, 1.807) is 30.7 Å². The third kappa shape index (κ3) is 4.69. The highest BCUT2D eigenvalue weighted by Crippen LogP contribution is 2.28. The van der Waals surface area contributed by atoms with E-state index in [4.69, 9.17) is 9.47 Å². The van der Waals surface area contributed by atoms with Crippen LogP contribution in [0.4, 0.5) is 5.13 Å². The van der Waals surface area contributed by atoms with Crippen LogP contribution in [0.25, 0.3) is 0 Å². The standard InChI is InChI=1S/C23H23N3O4S/c1-29-19-8-7-16(11-20(19)30-2)22(28)25-23-24-18(14-31-23)12-21(27)26-10-9-15-5-3-4-6-17(15)13-26/h3-8,11,14H,9-10,12-13H2,1-2H3,(H,24,25,28). The molecule has 0 saturated carbocycles. The lowest BCUT2D eigenvalue weighted by atomic mass is 10.00. The molecule has 2 heterocycles. The first-order valence-corrected chi connectivity index (χ1v) is 10.8. The Bertz CT molecular complexity index is 1110. The van der Waals surface area contributed by atoms with Gasteiger partial charge in [0.1, 0.15) is 0 Å². The van der Waals surface area contributed by atoms with Crippen molar-refractivity contribution in [3.8, 4) is 11.5 Å². The Balaban J connectivity index is 1.37. The van der Waals surface area contributed by atoms with Crippen LogP contribution in [0.5, 0.6) is 11.5 Å². The molecule has 0 bridgehead atoms. The van der Waals surface area contributed by atoms with E-state index < -0.39 is 0 Å². The number of rotatable bonds is 6. The van der Waals surface area contributed by atoms with Crippen molar-refractivity contribution in [2.24, 2.45) is 0 Å². The molecule has 1 aliphatic rings. The number of hydrogen-bond acceptors (Lipinski definition) is 6. The summed E-state index contributed by atoms with van der Waals surface area (Å²) in [6, 6.07) is 13.2. The summed E-state index contributed by atoms with van der Waals surface area (Å²) in [5, 5.41) is 5.04. The minimum atomic E-state index is -0.305. The number of anilines is 1. The van der Waals surface area contributed by atoms with Crippen LogP contribution in [0.2, 0.25) is 0 Å². The summed E-state index contributed by atoms with van der Waals surface area (Å²) < 4.78 is 10.4. The fourth-order valence-corrected chi connectivity index (χ4v) is 4.27. The van der Waals surface area contributed by atoms with Crippen LogP contribution in [0.15, 0.2) is 47.8 Å². The predicted octanol–water partition coefficient (Wildman–Crippen LogP) is 3.54. The maximum atomic E-state index is 12.7. The lowest BCUT2D eigenvalue weighted by Gasteiger charge is -2.28. The lowest BCUT2D eigenvalue weighted by molar-refractivity contribution is -0.131. The van der Waals surface area contributed by atoms with Crippen LogP contribution in [0.3, 0.4) is 0 Å². The summed E-state index contributed by atoms with van der Waals surface area (Å²) in [5.74, 6) is 0.761. The Kier molecular flexibility index (Phi) is 6.18. The number of nitrogens with zero attached hydrogens (tertiary/aromatic N) is 2. The van der Waals surface area contributed by atoms with Crippen LogP contribution in [-0.4, -0.2) is 42.5 Å². The summed E-state index contributed by atoms with van der Waals surface area (Å²) in [4.78, 5) is 31.6. The molecule has 0 aliphatic carbocycles. The van der Waals surface area contributed by atoms with Gasteiger partial charge in [0.2, 0.25) is 5.91 Å². The first-order chi connectivity index (χ1) is 15.1. The SMILES string of the molecule is COc1ccc(C(=O)Nc2nc(CC(=O)N3CCc4ccccc4C3)cs2)cc1OC. The van der Waals surface area contributed by atoms with E-state index in [9.17, 15) is 9.59 Å². The molecule has 1 aliphatic heterocycles. The first-order valence-electron chi connectivity index (χ1n) is 9.89. The van der Waals surface area contributed by atoms with Crippen LogP contribution in [0.1, 0.15) is 27.2 Å². The molecule has 2 amide bonds. The second-order valence-electron chi connectivity index (χ2n) is 7.18. The minimum Gasteiger partial charge on any atom is -0.493 e. The molecule has 31 heavy (non-hydrogen) atoms. The average Bonchev–Trinajstić information content (AvgIpc) is 3.24.